The van der Waals surface area contributed by atoms with E-state index in [2.05, 4.69) is 29.6 Å². The summed E-state index contributed by atoms with van der Waals surface area (Å²) in [5.74, 6) is 1.30. The number of hydrogen-bond donors (Lipinski definition) is 2. The molecule has 0 aromatic heterocycles. The Morgan fingerprint density at radius 2 is 2.05 bits per heavy atom. The van der Waals surface area contributed by atoms with Crippen LogP contribution in [0.25, 0.3) is 0 Å². The van der Waals surface area contributed by atoms with Crippen LogP contribution in [0.15, 0.2) is 48.5 Å². The first-order valence-corrected chi connectivity index (χ1v) is 6.53. The van der Waals surface area contributed by atoms with Gasteiger partial charge in [-0.3, -0.25) is 0 Å². The predicted molar refractivity (Wildman–Crippen MR) is 74.5 cm³/mol. The molecule has 0 amide bonds. The maximum atomic E-state index is 9.42. The van der Waals surface area contributed by atoms with Crippen LogP contribution in [-0.4, -0.2) is 18.3 Å². The van der Waals surface area contributed by atoms with Crippen LogP contribution in [0.3, 0.4) is 0 Å². The standard InChI is InChI=1S/C16H17NO2/c18-14-5-3-6-15(8-14)19-11-13-10-17-9-12-4-1-2-7-16(12)13/h1-8,13,17-18H,9-11H2. The molecule has 2 aromatic carbocycles. The van der Waals surface area contributed by atoms with Crippen LogP contribution >= 0.6 is 0 Å². The van der Waals surface area contributed by atoms with E-state index in [-0.39, 0.29) is 5.75 Å². The molecule has 1 heterocycles. The van der Waals surface area contributed by atoms with E-state index in [1.54, 1.807) is 18.2 Å². The topological polar surface area (TPSA) is 41.5 Å². The van der Waals surface area contributed by atoms with Crippen LogP contribution in [0.5, 0.6) is 11.5 Å². The number of benzene rings is 2. The number of phenols is 1. The van der Waals surface area contributed by atoms with Crippen molar-refractivity contribution in [3.63, 3.8) is 0 Å². The summed E-state index contributed by atoms with van der Waals surface area (Å²) in [6.07, 6.45) is 0. The molecule has 98 valence electrons. The van der Waals surface area contributed by atoms with E-state index in [4.69, 9.17) is 4.74 Å². The molecule has 0 fully saturated rings. The maximum absolute atomic E-state index is 9.42. The summed E-state index contributed by atoms with van der Waals surface area (Å²) in [4.78, 5) is 0. The second-order valence-electron chi connectivity index (χ2n) is 4.83. The molecule has 2 N–H and O–H groups in total. The quantitative estimate of drug-likeness (QED) is 0.886. The first-order chi connectivity index (χ1) is 9.33. The fourth-order valence-corrected chi connectivity index (χ4v) is 2.50. The second-order valence-corrected chi connectivity index (χ2v) is 4.83. The van der Waals surface area contributed by atoms with E-state index < -0.39 is 0 Å². The van der Waals surface area contributed by atoms with Crippen molar-refractivity contribution in [1.82, 2.24) is 5.32 Å². The smallest absolute Gasteiger partial charge is 0.123 e. The minimum absolute atomic E-state index is 0.236. The van der Waals surface area contributed by atoms with E-state index in [9.17, 15) is 5.11 Å². The summed E-state index contributed by atoms with van der Waals surface area (Å²) in [5.41, 5.74) is 2.71. The highest BCUT2D eigenvalue weighted by Crippen LogP contribution is 2.25. The Morgan fingerprint density at radius 3 is 2.95 bits per heavy atom. The Hall–Kier alpha value is -2.00. The Balaban J connectivity index is 1.71. The molecule has 1 aliphatic heterocycles. The lowest BCUT2D eigenvalue weighted by Crippen LogP contribution is -2.31. The van der Waals surface area contributed by atoms with Gasteiger partial charge in [-0.15, -0.1) is 0 Å². The SMILES string of the molecule is Oc1cccc(OCC2CNCc3ccccc32)c1. The summed E-state index contributed by atoms with van der Waals surface area (Å²) < 4.78 is 5.78. The molecule has 0 saturated carbocycles. The van der Waals surface area contributed by atoms with Crippen LogP contribution < -0.4 is 10.1 Å². The van der Waals surface area contributed by atoms with Gasteiger partial charge in [0.1, 0.15) is 11.5 Å². The molecule has 19 heavy (non-hydrogen) atoms. The lowest BCUT2D eigenvalue weighted by Gasteiger charge is -2.26. The van der Waals surface area contributed by atoms with Gasteiger partial charge in [-0.2, -0.15) is 0 Å². The highest BCUT2D eigenvalue weighted by atomic mass is 16.5. The molecule has 3 nitrogen and oxygen atoms in total. The second kappa shape index (κ2) is 5.33. The number of rotatable bonds is 3. The summed E-state index contributed by atoms with van der Waals surface area (Å²) in [6.45, 7) is 2.47. The van der Waals surface area contributed by atoms with E-state index in [0.717, 1.165) is 13.1 Å². The van der Waals surface area contributed by atoms with Crippen LogP contribution in [0.2, 0.25) is 0 Å². The lowest BCUT2D eigenvalue weighted by atomic mass is 9.91. The number of phenolic OH excluding ortho intramolecular Hbond substituents is 1. The Bertz CT molecular complexity index is 568. The van der Waals surface area contributed by atoms with Crippen molar-refractivity contribution < 1.29 is 9.84 Å². The van der Waals surface area contributed by atoms with Gasteiger partial charge in [0.25, 0.3) is 0 Å². The van der Waals surface area contributed by atoms with Crippen molar-refractivity contribution in [2.75, 3.05) is 13.2 Å². The molecule has 0 saturated heterocycles. The van der Waals surface area contributed by atoms with Crippen LogP contribution in [0.4, 0.5) is 0 Å². The molecule has 1 unspecified atom stereocenters. The van der Waals surface area contributed by atoms with Crippen LogP contribution in [0, 0.1) is 0 Å². The highest BCUT2D eigenvalue weighted by Gasteiger charge is 2.19. The van der Waals surface area contributed by atoms with Gasteiger partial charge in [-0.1, -0.05) is 30.3 Å². The van der Waals surface area contributed by atoms with Gasteiger partial charge in [0.2, 0.25) is 0 Å². The first kappa shape index (κ1) is 12.1. The van der Waals surface area contributed by atoms with Crippen molar-refractivity contribution in [3.8, 4) is 11.5 Å². The molecule has 1 atom stereocenters. The van der Waals surface area contributed by atoms with Gasteiger partial charge < -0.3 is 15.2 Å². The maximum Gasteiger partial charge on any atom is 0.123 e. The minimum atomic E-state index is 0.236. The monoisotopic (exact) mass is 255 g/mol. The Kier molecular flexibility index (Phi) is 3.38. The van der Waals surface area contributed by atoms with E-state index in [0.29, 0.717) is 18.3 Å². The van der Waals surface area contributed by atoms with E-state index in [1.807, 2.05) is 6.07 Å². The zero-order valence-corrected chi connectivity index (χ0v) is 10.7. The molecule has 0 spiro atoms. The average molecular weight is 255 g/mol. The largest absolute Gasteiger partial charge is 0.508 e. The molecule has 2 aromatic rings. The third kappa shape index (κ3) is 2.71. The molecule has 0 radical (unpaired) electrons. The number of ether oxygens (including phenoxy) is 1. The van der Waals surface area contributed by atoms with Gasteiger partial charge in [-0.05, 0) is 23.3 Å². The molecule has 3 rings (SSSR count). The Morgan fingerprint density at radius 1 is 1.16 bits per heavy atom. The minimum Gasteiger partial charge on any atom is -0.508 e. The summed E-state index contributed by atoms with van der Waals surface area (Å²) in [6, 6.07) is 15.4. The molecule has 1 aliphatic rings. The Labute approximate surface area is 112 Å². The van der Waals surface area contributed by atoms with Crippen molar-refractivity contribution in [2.45, 2.75) is 12.5 Å². The average Bonchev–Trinajstić information content (AvgIpc) is 2.45. The summed E-state index contributed by atoms with van der Waals surface area (Å²) >= 11 is 0. The predicted octanol–water partition coefficient (Wildman–Crippen LogP) is 2.66. The van der Waals surface area contributed by atoms with E-state index in [1.165, 1.54) is 11.1 Å². The van der Waals surface area contributed by atoms with Gasteiger partial charge >= 0.3 is 0 Å². The molecule has 3 heteroatoms. The van der Waals surface area contributed by atoms with Gasteiger partial charge in [0.15, 0.2) is 0 Å². The van der Waals surface area contributed by atoms with Crippen molar-refractivity contribution in [1.29, 1.82) is 0 Å². The van der Waals surface area contributed by atoms with Crippen LogP contribution in [-0.2, 0) is 6.54 Å². The molecule has 0 aliphatic carbocycles. The third-order valence-electron chi connectivity index (χ3n) is 3.47. The van der Waals surface area contributed by atoms with E-state index >= 15 is 0 Å². The van der Waals surface area contributed by atoms with Crippen molar-refractivity contribution >= 4 is 0 Å². The van der Waals surface area contributed by atoms with Gasteiger partial charge in [0, 0.05) is 25.1 Å². The van der Waals surface area contributed by atoms with Crippen LogP contribution in [0.1, 0.15) is 17.0 Å². The third-order valence-corrected chi connectivity index (χ3v) is 3.47. The normalized spacial score (nSPS) is 17.8. The number of fused-ring (bicyclic) bond motifs is 1. The van der Waals surface area contributed by atoms with Crippen molar-refractivity contribution in [3.05, 3.63) is 59.7 Å². The molecule has 0 bridgehead atoms. The zero-order chi connectivity index (χ0) is 13.1. The number of aromatic hydroxyl groups is 1. The summed E-state index contributed by atoms with van der Waals surface area (Å²) in [7, 11) is 0. The fraction of sp³-hybridized carbons (Fsp3) is 0.250. The molecular formula is C16H17NO2. The van der Waals surface area contributed by atoms with Gasteiger partial charge in [0.05, 0.1) is 6.61 Å². The number of nitrogens with one attached hydrogen (secondary N) is 1. The fourth-order valence-electron chi connectivity index (χ4n) is 2.50. The summed E-state index contributed by atoms with van der Waals surface area (Å²) in [5, 5.41) is 12.8. The first-order valence-electron chi connectivity index (χ1n) is 6.53. The zero-order valence-electron chi connectivity index (χ0n) is 10.7. The molecular weight excluding hydrogens is 238 g/mol. The van der Waals surface area contributed by atoms with Gasteiger partial charge in [-0.25, -0.2) is 0 Å². The highest BCUT2D eigenvalue weighted by molar-refractivity contribution is 5.34. The lowest BCUT2D eigenvalue weighted by molar-refractivity contribution is 0.277. The number of hydrogen-bond acceptors (Lipinski definition) is 3. The van der Waals surface area contributed by atoms with Crippen molar-refractivity contribution in [2.24, 2.45) is 0 Å².